The Hall–Kier alpha value is -2.94. The minimum atomic E-state index is -3.78. The van der Waals surface area contributed by atoms with Crippen LogP contribution in [0.25, 0.3) is 10.8 Å². The maximum atomic E-state index is 13.4. The Kier molecular flexibility index (Phi) is 6.19. The van der Waals surface area contributed by atoms with Crippen LogP contribution in [0.2, 0.25) is 0 Å². The number of carbonyl (C=O) groups is 1. The molecule has 0 saturated carbocycles. The fourth-order valence-corrected chi connectivity index (χ4v) is 5.81. The van der Waals surface area contributed by atoms with Gasteiger partial charge in [-0.1, -0.05) is 54.6 Å². The van der Waals surface area contributed by atoms with E-state index in [4.69, 9.17) is 4.74 Å². The van der Waals surface area contributed by atoms with Gasteiger partial charge in [-0.15, -0.1) is 0 Å². The van der Waals surface area contributed by atoms with Crippen LogP contribution in [0.15, 0.2) is 77.7 Å². The van der Waals surface area contributed by atoms with E-state index in [9.17, 15) is 23.4 Å². The van der Waals surface area contributed by atoms with Crippen LogP contribution in [0.1, 0.15) is 19.3 Å². The smallest absolute Gasteiger partial charge is 0.307 e. The molecule has 7 nitrogen and oxygen atoms in total. The number of piperidine rings is 1. The number of para-hydroxylation sites is 1. The summed E-state index contributed by atoms with van der Waals surface area (Å²) in [7, 11) is -3.78. The summed E-state index contributed by atoms with van der Waals surface area (Å²) in [6.45, 7) is 0.132. The number of sulfonamides is 1. The second kappa shape index (κ2) is 8.90. The number of fused-ring (bicyclic) bond motifs is 1. The Bertz CT molecular complexity index is 1200. The van der Waals surface area contributed by atoms with E-state index in [1.54, 1.807) is 48.5 Å². The Labute approximate surface area is 186 Å². The third-order valence-corrected chi connectivity index (χ3v) is 7.89. The van der Waals surface area contributed by atoms with Crippen LogP contribution in [0.3, 0.4) is 0 Å². The van der Waals surface area contributed by atoms with Gasteiger partial charge in [0.1, 0.15) is 17.5 Å². The molecule has 1 atom stereocenters. The molecule has 0 aromatic heterocycles. The van der Waals surface area contributed by atoms with Crippen molar-refractivity contribution in [3.05, 3.63) is 72.8 Å². The van der Waals surface area contributed by atoms with Gasteiger partial charge in [0.2, 0.25) is 10.0 Å². The van der Waals surface area contributed by atoms with Gasteiger partial charge in [-0.3, -0.25) is 4.79 Å². The SMILES string of the molecule is O=C(O)CC(Oc1ccccc1)C1(O)CCN(S(=O)(=O)c2cccc3ccccc23)CC1. The van der Waals surface area contributed by atoms with Crippen molar-refractivity contribution in [3.63, 3.8) is 0 Å². The number of carboxylic acids is 1. The van der Waals surface area contributed by atoms with Gasteiger partial charge in [-0.05, 0) is 36.4 Å². The average molecular weight is 456 g/mol. The standard InChI is InChI=1S/C24H25NO6S/c26-23(27)17-22(31-19-9-2-1-3-10-19)24(28)13-15-25(16-14-24)32(29,30)21-12-6-8-18-7-4-5-11-20(18)21/h1-12,22,28H,13-17H2,(H,26,27). The normalized spacial score (nSPS) is 17.7. The first-order valence-electron chi connectivity index (χ1n) is 10.4. The predicted molar refractivity (Wildman–Crippen MR) is 120 cm³/mol. The number of aliphatic carboxylic acids is 1. The van der Waals surface area contributed by atoms with E-state index in [0.717, 1.165) is 5.39 Å². The van der Waals surface area contributed by atoms with Crippen molar-refractivity contribution in [2.75, 3.05) is 13.1 Å². The number of nitrogens with zero attached hydrogens (tertiary/aromatic N) is 1. The molecular weight excluding hydrogens is 430 g/mol. The maximum Gasteiger partial charge on any atom is 0.307 e. The van der Waals surface area contributed by atoms with Crippen LogP contribution in [-0.2, 0) is 14.8 Å². The number of hydrogen-bond acceptors (Lipinski definition) is 5. The van der Waals surface area contributed by atoms with Crippen LogP contribution in [-0.4, -0.2) is 53.7 Å². The molecule has 0 amide bonds. The molecule has 1 saturated heterocycles. The molecule has 0 bridgehead atoms. The van der Waals surface area contributed by atoms with E-state index in [2.05, 4.69) is 0 Å². The monoisotopic (exact) mass is 455 g/mol. The second-order valence-electron chi connectivity index (χ2n) is 8.00. The lowest BCUT2D eigenvalue weighted by atomic mass is 9.85. The second-order valence-corrected chi connectivity index (χ2v) is 9.91. The first kappa shape index (κ1) is 22.3. The molecule has 0 spiro atoms. The molecule has 1 heterocycles. The van der Waals surface area contributed by atoms with Gasteiger partial charge in [0.25, 0.3) is 0 Å². The molecule has 32 heavy (non-hydrogen) atoms. The molecule has 0 radical (unpaired) electrons. The summed E-state index contributed by atoms with van der Waals surface area (Å²) in [5.74, 6) is -0.636. The molecule has 3 aromatic rings. The summed E-state index contributed by atoms with van der Waals surface area (Å²) < 4.78 is 33.9. The van der Waals surface area contributed by atoms with Crippen molar-refractivity contribution in [2.45, 2.75) is 35.9 Å². The number of hydrogen-bond donors (Lipinski definition) is 2. The van der Waals surface area contributed by atoms with Gasteiger partial charge in [-0.25, -0.2) is 8.42 Å². The lowest BCUT2D eigenvalue weighted by Gasteiger charge is -2.41. The molecule has 4 rings (SSSR count). The molecule has 168 valence electrons. The number of ether oxygens (including phenoxy) is 1. The topological polar surface area (TPSA) is 104 Å². The summed E-state index contributed by atoms with van der Waals surface area (Å²) in [4.78, 5) is 11.6. The minimum Gasteiger partial charge on any atom is -0.487 e. The first-order valence-corrected chi connectivity index (χ1v) is 11.9. The highest BCUT2D eigenvalue weighted by Gasteiger charge is 2.45. The quantitative estimate of drug-likeness (QED) is 0.567. The highest BCUT2D eigenvalue weighted by Crippen LogP contribution is 2.34. The lowest BCUT2D eigenvalue weighted by Crippen LogP contribution is -2.55. The summed E-state index contributed by atoms with van der Waals surface area (Å²) in [6.07, 6.45) is -1.24. The van der Waals surface area contributed by atoms with E-state index >= 15 is 0 Å². The zero-order valence-electron chi connectivity index (χ0n) is 17.4. The lowest BCUT2D eigenvalue weighted by molar-refractivity contribution is -0.146. The highest BCUT2D eigenvalue weighted by atomic mass is 32.2. The summed E-state index contributed by atoms with van der Waals surface area (Å²) in [5, 5.41) is 22.1. The molecule has 0 aliphatic carbocycles. The van der Waals surface area contributed by atoms with Crippen molar-refractivity contribution in [1.82, 2.24) is 4.31 Å². The molecule has 8 heteroatoms. The van der Waals surface area contributed by atoms with Gasteiger partial charge >= 0.3 is 5.97 Å². The molecule has 1 unspecified atom stereocenters. The molecule has 1 aliphatic rings. The molecule has 3 aromatic carbocycles. The Morgan fingerprint density at radius 1 is 0.969 bits per heavy atom. The van der Waals surface area contributed by atoms with Crippen molar-refractivity contribution in [2.24, 2.45) is 0 Å². The van der Waals surface area contributed by atoms with Crippen molar-refractivity contribution >= 4 is 26.8 Å². The van der Waals surface area contributed by atoms with Gasteiger partial charge in [0.05, 0.1) is 11.3 Å². The summed E-state index contributed by atoms with van der Waals surface area (Å²) in [6, 6.07) is 21.2. The van der Waals surface area contributed by atoms with E-state index < -0.39 is 27.7 Å². The average Bonchev–Trinajstić information content (AvgIpc) is 2.79. The summed E-state index contributed by atoms with van der Waals surface area (Å²) >= 11 is 0. The Balaban J connectivity index is 1.55. The number of rotatable bonds is 7. The number of carboxylic acid groups (broad SMARTS) is 1. The Morgan fingerprint density at radius 2 is 1.59 bits per heavy atom. The third kappa shape index (κ3) is 4.48. The first-order chi connectivity index (χ1) is 15.3. The van der Waals surface area contributed by atoms with E-state index in [1.807, 2.05) is 24.3 Å². The highest BCUT2D eigenvalue weighted by molar-refractivity contribution is 7.89. The van der Waals surface area contributed by atoms with Gasteiger partial charge in [0.15, 0.2) is 0 Å². The van der Waals surface area contributed by atoms with E-state index in [-0.39, 0.29) is 37.2 Å². The largest absolute Gasteiger partial charge is 0.487 e. The van der Waals surface area contributed by atoms with Crippen molar-refractivity contribution < 1.29 is 28.2 Å². The third-order valence-electron chi connectivity index (χ3n) is 5.94. The molecular formula is C24H25NO6S. The molecule has 2 N–H and O–H groups in total. The number of benzene rings is 3. The minimum absolute atomic E-state index is 0.0658. The Morgan fingerprint density at radius 3 is 2.28 bits per heavy atom. The fraction of sp³-hybridized carbons (Fsp3) is 0.292. The van der Waals surface area contributed by atoms with Gasteiger partial charge in [0, 0.05) is 18.5 Å². The van der Waals surface area contributed by atoms with Gasteiger partial charge in [-0.2, -0.15) is 4.31 Å². The molecule has 1 fully saturated rings. The van der Waals surface area contributed by atoms with E-state index in [0.29, 0.717) is 11.1 Å². The molecule has 1 aliphatic heterocycles. The zero-order valence-corrected chi connectivity index (χ0v) is 18.2. The summed E-state index contributed by atoms with van der Waals surface area (Å²) in [5.41, 5.74) is -1.46. The van der Waals surface area contributed by atoms with E-state index in [1.165, 1.54) is 4.31 Å². The predicted octanol–water partition coefficient (Wildman–Crippen LogP) is 3.28. The zero-order chi connectivity index (χ0) is 22.8. The van der Waals surface area contributed by atoms with Gasteiger partial charge < -0.3 is 14.9 Å². The van der Waals surface area contributed by atoms with Crippen LogP contribution in [0.5, 0.6) is 5.75 Å². The van der Waals surface area contributed by atoms with Crippen LogP contribution >= 0.6 is 0 Å². The van der Waals surface area contributed by atoms with Crippen molar-refractivity contribution in [1.29, 1.82) is 0 Å². The van der Waals surface area contributed by atoms with Crippen LogP contribution in [0, 0.1) is 0 Å². The van der Waals surface area contributed by atoms with Crippen LogP contribution in [0.4, 0.5) is 0 Å². The van der Waals surface area contributed by atoms with Crippen molar-refractivity contribution in [3.8, 4) is 5.75 Å². The van der Waals surface area contributed by atoms with Crippen LogP contribution < -0.4 is 4.74 Å². The number of aliphatic hydroxyl groups is 1. The maximum absolute atomic E-state index is 13.4. The fourth-order valence-electron chi connectivity index (χ4n) is 4.16.